The molecule has 0 saturated carbocycles. The molecule has 0 saturated heterocycles. The number of esters is 1. The van der Waals surface area contributed by atoms with Gasteiger partial charge in [-0.1, -0.05) is 30.3 Å². The van der Waals surface area contributed by atoms with E-state index in [0.29, 0.717) is 11.1 Å². The van der Waals surface area contributed by atoms with Crippen LogP contribution in [0.25, 0.3) is 10.9 Å². The maximum Gasteiger partial charge on any atom is 0.306 e. The highest BCUT2D eigenvalue weighted by Gasteiger charge is 2.33. The van der Waals surface area contributed by atoms with Crippen LogP contribution in [0.2, 0.25) is 0 Å². The van der Waals surface area contributed by atoms with Crippen molar-refractivity contribution in [1.82, 2.24) is 10.3 Å². The number of carbonyl (C=O) groups excluding carboxylic acids is 3. The van der Waals surface area contributed by atoms with E-state index in [9.17, 15) is 24.5 Å². The highest BCUT2D eigenvalue weighted by molar-refractivity contribution is 6.06. The minimum atomic E-state index is -1.29. The van der Waals surface area contributed by atoms with Gasteiger partial charge < -0.3 is 15.8 Å². The van der Waals surface area contributed by atoms with Gasteiger partial charge in [-0.25, -0.2) is 0 Å². The number of nitrogens with zero attached hydrogens (tertiary/aromatic N) is 2. The molecule has 3 N–H and O–H groups in total. The highest BCUT2D eigenvalue weighted by Crippen LogP contribution is 2.27. The topological polar surface area (TPSA) is 155 Å². The van der Waals surface area contributed by atoms with Gasteiger partial charge in [0, 0.05) is 29.6 Å². The molecule has 10 heteroatoms. The van der Waals surface area contributed by atoms with Crippen molar-refractivity contribution in [1.29, 1.82) is 0 Å². The second-order valence-electron chi connectivity index (χ2n) is 7.20. The predicted molar refractivity (Wildman–Crippen MR) is 119 cm³/mol. The van der Waals surface area contributed by atoms with Crippen molar-refractivity contribution < 1.29 is 24.0 Å². The van der Waals surface area contributed by atoms with Gasteiger partial charge in [-0.3, -0.25) is 29.5 Å². The summed E-state index contributed by atoms with van der Waals surface area (Å²) in [6.07, 6.45) is 1.28. The van der Waals surface area contributed by atoms with Gasteiger partial charge in [0.2, 0.25) is 5.91 Å². The van der Waals surface area contributed by atoms with E-state index in [2.05, 4.69) is 10.3 Å². The molecule has 2 atom stereocenters. The SMILES string of the molecule is CCOC(=O)C[C@@H](c1ccc([N+](=O)[O-])cc1)[C@H](NC(=O)c1cccc2cccnc12)C(N)=O. The highest BCUT2D eigenvalue weighted by atomic mass is 16.6. The number of hydrogen-bond donors (Lipinski definition) is 2. The fraction of sp³-hybridized carbons (Fsp3) is 0.217. The number of non-ortho nitro benzene ring substituents is 1. The molecule has 0 unspecified atom stereocenters. The third-order valence-corrected chi connectivity index (χ3v) is 5.10. The van der Waals surface area contributed by atoms with Crippen LogP contribution < -0.4 is 11.1 Å². The van der Waals surface area contributed by atoms with Gasteiger partial charge in [-0.05, 0) is 24.6 Å². The van der Waals surface area contributed by atoms with Gasteiger partial charge in [-0.2, -0.15) is 0 Å². The number of rotatable bonds is 9. The molecule has 0 fully saturated rings. The quantitative estimate of drug-likeness (QED) is 0.288. The lowest BCUT2D eigenvalue weighted by atomic mass is 9.87. The minimum absolute atomic E-state index is 0.126. The number of benzene rings is 2. The summed E-state index contributed by atoms with van der Waals surface area (Å²) in [5.74, 6) is -2.98. The molecule has 3 rings (SSSR count). The van der Waals surface area contributed by atoms with Gasteiger partial charge in [0.15, 0.2) is 0 Å². The van der Waals surface area contributed by atoms with Gasteiger partial charge >= 0.3 is 5.97 Å². The summed E-state index contributed by atoms with van der Waals surface area (Å²) in [6, 6.07) is 12.6. The Labute approximate surface area is 188 Å². The van der Waals surface area contributed by atoms with Crippen molar-refractivity contribution in [3.05, 3.63) is 82.0 Å². The number of ether oxygens (including phenoxy) is 1. The van der Waals surface area contributed by atoms with Gasteiger partial charge in [0.05, 0.1) is 29.0 Å². The zero-order valence-electron chi connectivity index (χ0n) is 17.8. The monoisotopic (exact) mass is 450 g/mol. The predicted octanol–water partition coefficient (Wildman–Crippen LogP) is 2.46. The van der Waals surface area contributed by atoms with Crippen LogP contribution in [-0.4, -0.2) is 40.3 Å². The first-order chi connectivity index (χ1) is 15.8. The Balaban J connectivity index is 1.97. The summed E-state index contributed by atoms with van der Waals surface area (Å²) < 4.78 is 5.01. The molecule has 3 aromatic rings. The van der Waals surface area contributed by atoms with Crippen molar-refractivity contribution >= 4 is 34.4 Å². The Morgan fingerprint density at radius 2 is 1.82 bits per heavy atom. The minimum Gasteiger partial charge on any atom is -0.466 e. The van der Waals surface area contributed by atoms with E-state index in [1.807, 2.05) is 0 Å². The number of primary amides is 1. The number of amides is 2. The average molecular weight is 450 g/mol. The Morgan fingerprint density at radius 3 is 2.45 bits per heavy atom. The van der Waals surface area contributed by atoms with Crippen LogP contribution in [0.3, 0.4) is 0 Å². The van der Waals surface area contributed by atoms with Crippen LogP contribution in [0.15, 0.2) is 60.8 Å². The molecule has 1 heterocycles. The molecule has 2 aromatic carbocycles. The lowest BCUT2D eigenvalue weighted by Gasteiger charge is -2.25. The smallest absolute Gasteiger partial charge is 0.306 e. The first-order valence-corrected chi connectivity index (χ1v) is 10.2. The molecule has 1 aromatic heterocycles. The number of hydrogen-bond acceptors (Lipinski definition) is 7. The average Bonchev–Trinajstić information content (AvgIpc) is 2.80. The fourth-order valence-electron chi connectivity index (χ4n) is 3.55. The van der Waals surface area contributed by atoms with E-state index in [4.69, 9.17) is 10.5 Å². The van der Waals surface area contributed by atoms with E-state index < -0.39 is 34.7 Å². The summed E-state index contributed by atoms with van der Waals surface area (Å²) in [5.41, 5.74) is 6.54. The molecule has 0 bridgehead atoms. The molecule has 0 radical (unpaired) electrons. The fourth-order valence-corrected chi connectivity index (χ4v) is 3.55. The zero-order chi connectivity index (χ0) is 24.0. The lowest BCUT2D eigenvalue weighted by Crippen LogP contribution is -2.48. The maximum atomic E-state index is 13.1. The second-order valence-corrected chi connectivity index (χ2v) is 7.20. The lowest BCUT2D eigenvalue weighted by molar-refractivity contribution is -0.384. The largest absolute Gasteiger partial charge is 0.466 e. The number of para-hydroxylation sites is 1. The number of pyridine rings is 1. The first kappa shape index (κ1) is 23.3. The number of aromatic nitrogens is 1. The molecule has 10 nitrogen and oxygen atoms in total. The molecule has 0 aliphatic carbocycles. The molecular weight excluding hydrogens is 428 g/mol. The Morgan fingerprint density at radius 1 is 1.12 bits per heavy atom. The Kier molecular flexibility index (Phi) is 7.29. The van der Waals surface area contributed by atoms with Crippen LogP contribution >= 0.6 is 0 Å². The maximum absolute atomic E-state index is 13.1. The second kappa shape index (κ2) is 10.3. The first-order valence-electron chi connectivity index (χ1n) is 10.2. The van der Waals surface area contributed by atoms with E-state index in [0.717, 1.165) is 5.39 Å². The van der Waals surface area contributed by atoms with Crippen molar-refractivity contribution in [3.8, 4) is 0 Å². The number of nitrogens with one attached hydrogen (secondary N) is 1. The summed E-state index contributed by atoms with van der Waals surface area (Å²) in [4.78, 5) is 52.4. The molecule has 0 aliphatic rings. The number of carbonyl (C=O) groups is 3. The summed E-state index contributed by atoms with van der Waals surface area (Å²) in [5, 5.41) is 14.3. The van der Waals surface area contributed by atoms with Crippen molar-refractivity contribution in [2.75, 3.05) is 6.61 Å². The van der Waals surface area contributed by atoms with Gasteiger partial charge in [0.1, 0.15) is 6.04 Å². The van der Waals surface area contributed by atoms with Gasteiger partial charge in [-0.15, -0.1) is 0 Å². The summed E-state index contributed by atoms with van der Waals surface area (Å²) in [6.45, 7) is 1.76. The summed E-state index contributed by atoms with van der Waals surface area (Å²) in [7, 11) is 0. The van der Waals surface area contributed by atoms with E-state index in [1.54, 1.807) is 43.5 Å². The van der Waals surface area contributed by atoms with Crippen LogP contribution in [0.1, 0.15) is 35.2 Å². The van der Waals surface area contributed by atoms with E-state index >= 15 is 0 Å². The van der Waals surface area contributed by atoms with Crippen LogP contribution in [0, 0.1) is 10.1 Å². The van der Waals surface area contributed by atoms with Crippen molar-refractivity contribution in [2.45, 2.75) is 25.3 Å². The third-order valence-electron chi connectivity index (χ3n) is 5.10. The van der Waals surface area contributed by atoms with Crippen molar-refractivity contribution in [2.24, 2.45) is 5.73 Å². The van der Waals surface area contributed by atoms with Crippen LogP contribution in [0.4, 0.5) is 5.69 Å². The Bertz CT molecular complexity index is 1190. The zero-order valence-corrected chi connectivity index (χ0v) is 17.8. The van der Waals surface area contributed by atoms with E-state index in [1.165, 1.54) is 24.3 Å². The molecule has 0 aliphatic heterocycles. The van der Waals surface area contributed by atoms with Crippen LogP contribution in [-0.2, 0) is 14.3 Å². The van der Waals surface area contributed by atoms with Crippen LogP contribution in [0.5, 0.6) is 0 Å². The molecule has 0 spiro atoms. The molecule has 33 heavy (non-hydrogen) atoms. The number of nitrogens with two attached hydrogens (primary N) is 1. The summed E-state index contributed by atoms with van der Waals surface area (Å²) >= 11 is 0. The number of fused-ring (bicyclic) bond motifs is 1. The molecular formula is C23H22N4O6. The standard InChI is InChI=1S/C23H22N4O6/c1-2-33-19(28)13-18(14-8-10-16(11-9-14)27(31)32)21(22(24)29)26-23(30)17-7-3-5-15-6-4-12-25-20(15)17/h3-12,18,21H,2,13H2,1H3,(H2,24,29)(H,26,30)/t18-,21-/m0/s1. The van der Waals surface area contributed by atoms with Crippen molar-refractivity contribution in [3.63, 3.8) is 0 Å². The third kappa shape index (κ3) is 5.48. The van der Waals surface area contributed by atoms with Gasteiger partial charge in [0.25, 0.3) is 11.6 Å². The van der Waals surface area contributed by atoms with E-state index in [-0.39, 0.29) is 24.3 Å². The molecule has 2 amide bonds. The number of nitro groups is 1. The molecule has 170 valence electrons. The Hall–Kier alpha value is -4.34. The normalized spacial score (nSPS) is 12.5. The number of nitro benzene ring substituents is 1.